The molecule has 33 heavy (non-hydrogen) atoms. The van der Waals surface area contributed by atoms with Gasteiger partial charge in [0, 0.05) is 31.6 Å². The number of ether oxygens (including phenoxy) is 2. The number of nitrogens with zero attached hydrogens (tertiary/aromatic N) is 3. The molecule has 2 aromatic carbocycles. The number of benzene rings is 2. The van der Waals surface area contributed by atoms with Crippen LogP contribution in [0, 0.1) is 17.2 Å². The van der Waals surface area contributed by atoms with Crippen LogP contribution >= 0.6 is 0 Å². The quantitative estimate of drug-likeness (QED) is 0.763. The van der Waals surface area contributed by atoms with Gasteiger partial charge in [0.15, 0.2) is 11.5 Å². The van der Waals surface area contributed by atoms with Gasteiger partial charge in [-0.25, -0.2) is 4.99 Å². The largest absolute Gasteiger partial charge is 0.490 e. The summed E-state index contributed by atoms with van der Waals surface area (Å²) < 4.78 is 12.4. The number of guanidine groups is 1. The summed E-state index contributed by atoms with van der Waals surface area (Å²) in [6, 6.07) is 15.4. The molecular weight excluding hydrogens is 416 g/mol. The summed E-state index contributed by atoms with van der Waals surface area (Å²) in [7, 11) is 1.66. The standard InChI is InChI=1S/C26H28N4O3/c1-25(2)13-19(9-10-32-25)22-14-26(23(31)30(3)24(28)29-26)20-12-18(7-8-21(20)33-22)17-6-4-5-16(11-17)15-27/h4-8,11-12,19,22H,9-10,13-14H2,1-3H3,(H2,28,29)/t19?,22-,26?/m1/s1. The van der Waals surface area contributed by atoms with Crippen LogP contribution in [0.15, 0.2) is 47.5 Å². The molecule has 7 nitrogen and oxygen atoms in total. The molecule has 170 valence electrons. The Balaban J connectivity index is 1.60. The number of hydrogen-bond acceptors (Lipinski definition) is 6. The number of fused-ring (bicyclic) bond motifs is 2. The number of amides is 1. The molecule has 2 aromatic rings. The topological polar surface area (TPSA) is 101 Å². The summed E-state index contributed by atoms with van der Waals surface area (Å²) in [5.41, 5.74) is 7.91. The Morgan fingerprint density at radius 3 is 2.67 bits per heavy atom. The zero-order valence-corrected chi connectivity index (χ0v) is 19.2. The fourth-order valence-electron chi connectivity index (χ4n) is 5.38. The van der Waals surface area contributed by atoms with E-state index in [-0.39, 0.29) is 29.5 Å². The van der Waals surface area contributed by atoms with Crippen LogP contribution in [0.4, 0.5) is 0 Å². The van der Waals surface area contributed by atoms with E-state index in [1.807, 2.05) is 36.4 Å². The summed E-state index contributed by atoms with van der Waals surface area (Å²) in [6.45, 7) is 4.86. The molecule has 0 saturated carbocycles. The molecule has 2 N–H and O–H groups in total. The van der Waals surface area contributed by atoms with Crippen molar-refractivity contribution in [2.45, 2.75) is 50.4 Å². The minimum absolute atomic E-state index is 0.135. The van der Waals surface area contributed by atoms with Gasteiger partial charge in [0.2, 0.25) is 0 Å². The Kier molecular flexibility index (Phi) is 4.95. The lowest BCUT2D eigenvalue weighted by molar-refractivity contribution is -0.134. The van der Waals surface area contributed by atoms with Gasteiger partial charge in [-0.15, -0.1) is 0 Å². The van der Waals surface area contributed by atoms with Crippen LogP contribution in [0.25, 0.3) is 11.1 Å². The molecule has 1 saturated heterocycles. The van der Waals surface area contributed by atoms with E-state index in [2.05, 4.69) is 19.9 Å². The van der Waals surface area contributed by atoms with Crippen LogP contribution < -0.4 is 10.5 Å². The number of rotatable bonds is 2. The third kappa shape index (κ3) is 3.55. The Labute approximate surface area is 193 Å². The average Bonchev–Trinajstić information content (AvgIpc) is 3.02. The second kappa shape index (κ2) is 7.60. The van der Waals surface area contributed by atoms with Crippen molar-refractivity contribution in [2.75, 3.05) is 13.7 Å². The SMILES string of the molecule is CN1C(=O)C2(C[C@H](C3CCOC(C)(C)C3)Oc3ccc(-c4cccc(C#N)c4)cc32)N=C1N. The Morgan fingerprint density at radius 1 is 1.18 bits per heavy atom. The monoisotopic (exact) mass is 444 g/mol. The predicted molar refractivity (Wildman–Crippen MR) is 124 cm³/mol. The highest BCUT2D eigenvalue weighted by Gasteiger charge is 2.55. The maximum absolute atomic E-state index is 13.6. The van der Waals surface area contributed by atoms with Gasteiger partial charge in [-0.2, -0.15) is 5.26 Å². The molecule has 3 aliphatic rings. The zero-order valence-electron chi connectivity index (χ0n) is 19.2. The van der Waals surface area contributed by atoms with Crippen molar-refractivity contribution in [1.29, 1.82) is 5.26 Å². The van der Waals surface area contributed by atoms with E-state index >= 15 is 0 Å². The second-order valence-corrected chi connectivity index (χ2v) is 9.82. The Bertz CT molecular complexity index is 1200. The maximum atomic E-state index is 13.6. The third-order valence-corrected chi connectivity index (χ3v) is 7.09. The summed E-state index contributed by atoms with van der Waals surface area (Å²) in [5, 5.41) is 9.29. The molecule has 0 bridgehead atoms. The summed E-state index contributed by atoms with van der Waals surface area (Å²) in [4.78, 5) is 19.7. The van der Waals surface area contributed by atoms with E-state index in [0.29, 0.717) is 24.3 Å². The molecule has 7 heteroatoms. The van der Waals surface area contributed by atoms with Crippen molar-refractivity contribution in [2.24, 2.45) is 16.6 Å². The molecule has 3 aliphatic heterocycles. The molecule has 0 aliphatic carbocycles. The molecule has 2 unspecified atom stereocenters. The Morgan fingerprint density at radius 2 is 1.97 bits per heavy atom. The molecule has 3 atom stereocenters. The number of carbonyl (C=O) groups excluding carboxylic acids is 1. The molecule has 1 spiro atoms. The van der Waals surface area contributed by atoms with Crippen LogP contribution in [-0.4, -0.2) is 42.1 Å². The first-order valence-corrected chi connectivity index (χ1v) is 11.3. The van der Waals surface area contributed by atoms with Gasteiger partial charge in [-0.3, -0.25) is 9.69 Å². The predicted octanol–water partition coefficient (Wildman–Crippen LogP) is 3.56. The molecule has 0 radical (unpaired) electrons. The first-order valence-electron chi connectivity index (χ1n) is 11.3. The second-order valence-electron chi connectivity index (χ2n) is 9.82. The normalized spacial score (nSPS) is 28.1. The van der Waals surface area contributed by atoms with Gasteiger partial charge in [-0.1, -0.05) is 18.2 Å². The number of hydrogen-bond donors (Lipinski definition) is 1. The maximum Gasteiger partial charge on any atom is 0.261 e. The fraction of sp³-hybridized carbons (Fsp3) is 0.423. The van der Waals surface area contributed by atoms with Gasteiger partial charge in [0.05, 0.1) is 17.2 Å². The zero-order chi connectivity index (χ0) is 23.4. The lowest BCUT2D eigenvalue weighted by Crippen LogP contribution is -2.49. The molecule has 5 rings (SSSR count). The van der Waals surface area contributed by atoms with Gasteiger partial charge >= 0.3 is 0 Å². The van der Waals surface area contributed by atoms with Crippen LogP contribution in [0.3, 0.4) is 0 Å². The van der Waals surface area contributed by atoms with Crippen LogP contribution in [-0.2, 0) is 15.1 Å². The van der Waals surface area contributed by atoms with Crippen molar-refractivity contribution in [3.8, 4) is 22.9 Å². The Hall–Kier alpha value is -3.37. The van der Waals surface area contributed by atoms with Crippen molar-refractivity contribution in [1.82, 2.24) is 4.90 Å². The van der Waals surface area contributed by atoms with Crippen LogP contribution in [0.1, 0.15) is 44.2 Å². The van der Waals surface area contributed by atoms with E-state index < -0.39 is 5.54 Å². The summed E-state index contributed by atoms with van der Waals surface area (Å²) >= 11 is 0. The van der Waals surface area contributed by atoms with Gasteiger partial charge < -0.3 is 15.2 Å². The molecule has 1 fully saturated rings. The molecule has 1 amide bonds. The minimum atomic E-state index is -1.11. The highest BCUT2D eigenvalue weighted by atomic mass is 16.5. The van der Waals surface area contributed by atoms with Crippen LogP contribution in [0.5, 0.6) is 5.75 Å². The van der Waals surface area contributed by atoms with Gasteiger partial charge in [0.1, 0.15) is 11.9 Å². The number of nitriles is 1. The van der Waals surface area contributed by atoms with Gasteiger partial charge in [0.25, 0.3) is 5.91 Å². The summed E-state index contributed by atoms with van der Waals surface area (Å²) in [6.07, 6.45) is 2.00. The highest BCUT2D eigenvalue weighted by molar-refractivity contribution is 6.07. The smallest absolute Gasteiger partial charge is 0.261 e. The van der Waals surface area contributed by atoms with Crippen molar-refractivity contribution < 1.29 is 14.3 Å². The van der Waals surface area contributed by atoms with E-state index in [4.69, 9.17) is 20.2 Å². The minimum Gasteiger partial charge on any atom is -0.490 e. The number of nitrogens with two attached hydrogens (primary N) is 1. The molecule has 0 aromatic heterocycles. The van der Waals surface area contributed by atoms with Crippen LogP contribution in [0.2, 0.25) is 0 Å². The molecular formula is C26H28N4O3. The first-order chi connectivity index (χ1) is 15.7. The fourth-order valence-corrected chi connectivity index (χ4v) is 5.38. The van der Waals surface area contributed by atoms with Crippen molar-refractivity contribution in [3.63, 3.8) is 0 Å². The number of carbonyl (C=O) groups is 1. The number of aliphatic imine (C=N–C) groups is 1. The third-order valence-electron chi connectivity index (χ3n) is 7.09. The lowest BCUT2D eigenvalue weighted by atomic mass is 9.74. The number of likely N-dealkylation sites (N-methyl/N-ethyl adjacent to an activating group) is 1. The van der Waals surface area contributed by atoms with Crippen molar-refractivity contribution >= 4 is 11.9 Å². The van der Waals surface area contributed by atoms with Gasteiger partial charge in [-0.05, 0) is 62.1 Å². The van der Waals surface area contributed by atoms with E-state index in [0.717, 1.165) is 29.5 Å². The van der Waals surface area contributed by atoms with E-state index in [1.165, 1.54) is 4.90 Å². The lowest BCUT2D eigenvalue weighted by Gasteiger charge is -2.44. The highest BCUT2D eigenvalue weighted by Crippen LogP contribution is 2.49. The average molecular weight is 445 g/mol. The van der Waals surface area contributed by atoms with E-state index in [9.17, 15) is 10.1 Å². The van der Waals surface area contributed by atoms with E-state index in [1.54, 1.807) is 13.1 Å². The van der Waals surface area contributed by atoms with Crippen molar-refractivity contribution in [3.05, 3.63) is 53.6 Å². The summed E-state index contributed by atoms with van der Waals surface area (Å²) in [5.74, 6) is 0.997. The first kappa shape index (κ1) is 21.5. The molecule has 3 heterocycles.